The van der Waals surface area contributed by atoms with Crippen LogP contribution in [0.4, 0.5) is 0 Å². The molecule has 1 fully saturated rings. The van der Waals surface area contributed by atoms with Gasteiger partial charge in [-0.05, 0) is 65.4 Å². The van der Waals surface area contributed by atoms with Crippen molar-refractivity contribution in [2.45, 2.75) is 62.8 Å². The number of carboxylic acid groups (broad SMARTS) is 1. The third kappa shape index (κ3) is 7.69. The molecule has 0 bridgehead atoms. The second kappa shape index (κ2) is 14.2. The summed E-state index contributed by atoms with van der Waals surface area (Å²) in [5, 5.41) is 9.50. The number of aliphatic carboxylic acids is 1. The number of methoxy groups -OCH3 is 1. The van der Waals surface area contributed by atoms with E-state index in [4.69, 9.17) is 26.3 Å². The number of halogens is 1. The summed E-state index contributed by atoms with van der Waals surface area (Å²) < 4.78 is 33.0. The SMILES string of the molecule is COc1ccc2c(c1)[C@@H](C(=O)NOCc1ccc(CC(=O)O)cc1)[C@H](c1ccc(Cl)cc1)N(C1CCCC[C@@H]1NS(C)(=O)=O)C2=O. The fraction of sp³-hybridized carbons (Fsp3) is 0.364. The van der Waals surface area contributed by atoms with Gasteiger partial charge in [-0.25, -0.2) is 18.6 Å². The number of benzene rings is 3. The minimum atomic E-state index is -3.60. The number of nitrogens with zero attached hydrogens (tertiary/aromatic N) is 1. The third-order valence-corrected chi connectivity index (χ3v) is 9.39. The highest BCUT2D eigenvalue weighted by Crippen LogP contribution is 2.47. The molecule has 0 aromatic heterocycles. The largest absolute Gasteiger partial charge is 0.497 e. The van der Waals surface area contributed by atoms with Crippen molar-refractivity contribution >= 4 is 39.4 Å². The number of sulfonamides is 1. The van der Waals surface area contributed by atoms with E-state index in [1.807, 2.05) is 0 Å². The molecule has 244 valence electrons. The van der Waals surface area contributed by atoms with Crippen LogP contribution in [0.2, 0.25) is 5.02 Å². The topological polar surface area (TPSA) is 151 Å². The van der Waals surface area contributed by atoms with Crippen molar-refractivity contribution in [2.75, 3.05) is 13.4 Å². The Morgan fingerprint density at radius 3 is 2.33 bits per heavy atom. The molecule has 3 aromatic carbocycles. The summed E-state index contributed by atoms with van der Waals surface area (Å²) >= 11 is 6.24. The van der Waals surface area contributed by atoms with Crippen LogP contribution in [0, 0.1) is 0 Å². The molecule has 2 amide bonds. The van der Waals surface area contributed by atoms with Gasteiger partial charge >= 0.3 is 5.97 Å². The van der Waals surface area contributed by atoms with E-state index < -0.39 is 45.9 Å². The van der Waals surface area contributed by atoms with Gasteiger partial charge in [0.05, 0.1) is 38.4 Å². The Balaban J connectivity index is 1.53. The average molecular weight is 670 g/mol. The van der Waals surface area contributed by atoms with E-state index >= 15 is 0 Å². The number of amides is 2. The lowest BCUT2D eigenvalue weighted by atomic mass is 9.76. The van der Waals surface area contributed by atoms with Gasteiger partial charge in [0, 0.05) is 22.7 Å². The zero-order valence-corrected chi connectivity index (χ0v) is 27.0. The fourth-order valence-electron chi connectivity index (χ4n) is 6.41. The highest BCUT2D eigenvalue weighted by molar-refractivity contribution is 7.88. The van der Waals surface area contributed by atoms with Gasteiger partial charge < -0.3 is 14.7 Å². The van der Waals surface area contributed by atoms with Crippen molar-refractivity contribution in [1.82, 2.24) is 15.1 Å². The van der Waals surface area contributed by atoms with Crippen LogP contribution in [0.3, 0.4) is 0 Å². The standard InChI is InChI=1S/C33H36ClN3O8S/c1-44-24-15-16-25-26(18-24)30(32(40)35-45-19-21-9-7-20(8-10-21)17-29(38)39)31(22-11-13-23(34)14-12-22)37(33(25)41)28-6-4-3-5-27(28)36-46(2,42)43/h7-16,18,27-28,30-31,36H,3-6,17,19H2,1-2H3,(H,35,40)(H,38,39)/t27-,28?,30+,31-/m0/s1. The molecule has 1 heterocycles. The molecule has 46 heavy (non-hydrogen) atoms. The monoisotopic (exact) mass is 669 g/mol. The van der Waals surface area contributed by atoms with E-state index in [0.717, 1.165) is 19.1 Å². The number of nitrogens with one attached hydrogen (secondary N) is 2. The van der Waals surface area contributed by atoms with E-state index in [0.29, 0.717) is 51.4 Å². The van der Waals surface area contributed by atoms with Gasteiger partial charge in [0.2, 0.25) is 10.0 Å². The first-order chi connectivity index (χ1) is 21.9. The number of carboxylic acids is 1. The number of ether oxygens (including phenoxy) is 1. The zero-order valence-electron chi connectivity index (χ0n) is 25.4. The van der Waals surface area contributed by atoms with E-state index in [1.165, 1.54) is 7.11 Å². The van der Waals surface area contributed by atoms with Gasteiger partial charge in [0.1, 0.15) is 5.75 Å². The molecule has 1 aliphatic carbocycles. The fourth-order valence-corrected chi connectivity index (χ4v) is 7.36. The minimum absolute atomic E-state index is 0.00795. The smallest absolute Gasteiger partial charge is 0.307 e. The van der Waals surface area contributed by atoms with E-state index in [-0.39, 0.29) is 18.9 Å². The van der Waals surface area contributed by atoms with Crippen LogP contribution in [-0.2, 0) is 37.5 Å². The van der Waals surface area contributed by atoms with E-state index in [9.17, 15) is 22.8 Å². The molecule has 5 rings (SSSR count). The molecule has 2 aliphatic rings. The number of fused-ring (bicyclic) bond motifs is 1. The van der Waals surface area contributed by atoms with Crippen LogP contribution < -0.4 is 14.9 Å². The zero-order chi connectivity index (χ0) is 33.0. The van der Waals surface area contributed by atoms with Crippen LogP contribution in [0.5, 0.6) is 5.75 Å². The van der Waals surface area contributed by atoms with Gasteiger partial charge in [0.25, 0.3) is 11.8 Å². The predicted molar refractivity (Wildman–Crippen MR) is 171 cm³/mol. The molecule has 0 saturated heterocycles. The molecule has 1 unspecified atom stereocenters. The Kier molecular flexibility index (Phi) is 10.3. The lowest BCUT2D eigenvalue weighted by molar-refractivity contribution is -0.138. The number of hydroxylamine groups is 1. The summed E-state index contributed by atoms with van der Waals surface area (Å²) in [7, 11) is -2.10. The van der Waals surface area contributed by atoms with Gasteiger partial charge in [-0.2, -0.15) is 0 Å². The molecule has 0 spiro atoms. The molecular weight excluding hydrogens is 634 g/mol. The van der Waals surface area contributed by atoms with Gasteiger partial charge in [-0.1, -0.05) is 60.8 Å². The summed E-state index contributed by atoms with van der Waals surface area (Å²) in [6.07, 6.45) is 3.64. The Hall–Kier alpha value is -3.97. The van der Waals surface area contributed by atoms with Gasteiger partial charge in [-0.15, -0.1) is 0 Å². The number of carbonyl (C=O) groups excluding carboxylic acids is 2. The van der Waals surface area contributed by atoms with Crippen LogP contribution in [0.15, 0.2) is 66.7 Å². The van der Waals surface area contributed by atoms with Crippen LogP contribution in [-0.4, -0.2) is 61.7 Å². The Labute approximate surface area is 272 Å². The predicted octanol–water partition coefficient (Wildman–Crippen LogP) is 4.36. The maximum absolute atomic E-state index is 14.4. The molecular formula is C33H36ClN3O8S. The second-order valence-electron chi connectivity index (χ2n) is 11.6. The van der Waals surface area contributed by atoms with Crippen LogP contribution in [0.1, 0.15) is 70.3 Å². The van der Waals surface area contributed by atoms with Crippen molar-refractivity contribution in [3.8, 4) is 5.75 Å². The molecule has 3 aromatic rings. The Bertz CT molecular complexity index is 1700. The third-order valence-electron chi connectivity index (χ3n) is 8.41. The summed E-state index contributed by atoms with van der Waals surface area (Å²) in [5.41, 5.74) is 5.32. The average Bonchev–Trinajstić information content (AvgIpc) is 3.01. The van der Waals surface area contributed by atoms with Crippen LogP contribution >= 0.6 is 11.6 Å². The number of rotatable bonds is 11. The maximum Gasteiger partial charge on any atom is 0.307 e. The summed E-state index contributed by atoms with van der Waals surface area (Å²) in [6.45, 7) is 0.00795. The van der Waals surface area contributed by atoms with Crippen molar-refractivity contribution in [3.05, 3.63) is 99.6 Å². The molecule has 0 radical (unpaired) electrons. The van der Waals surface area contributed by atoms with Crippen molar-refractivity contribution in [2.24, 2.45) is 0 Å². The lowest BCUT2D eigenvalue weighted by Gasteiger charge is -2.49. The Morgan fingerprint density at radius 1 is 1.00 bits per heavy atom. The highest BCUT2D eigenvalue weighted by atomic mass is 35.5. The molecule has 1 aliphatic heterocycles. The highest BCUT2D eigenvalue weighted by Gasteiger charge is 2.49. The quantitative estimate of drug-likeness (QED) is 0.255. The maximum atomic E-state index is 14.4. The molecule has 3 N–H and O–H groups in total. The van der Waals surface area contributed by atoms with Gasteiger partial charge in [0.15, 0.2) is 0 Å². The first kappa shape index (κ1) is 33.4. The van der Waals surface area contributed by atoms with Crippen molar-refractivity contribution in [3.63, 3.8) is 0 Å². The minimum Gasteiger partial charge on any atom is -0.497 e. The number of hydrogen-bond donors (Lipinski definition) is 3. The van der Waals surface area contributed by atoms with E-state index in [2.05, 4.69) is 10.2 Å². The normalized spacial score (nSPS) is 21.4. The van der Waals surface area contributed by atoms with Crippen molar-refractivity contribution < 1.29 is 37.5 Å². The number of carbonyl (C=O) groups is 3. The summed E-state index contributed by atoms with van der Waals surface area (Å²) in [6, 6.07) is 16.8. The van der Waals surface area contributed by atoms with Crippen LogP contribution in [0.25, 0.3) is 0 Å². The van der Waals surface area contributed by atoms with Gasteiger partial charge in [-0.3, -0.25) is 19.2 Å². The first-order valence-electron chi connectivity index (χ1n) is 14.9. The first-order valence-corrected chi connectivity index (χ1v) is 17.2. The lowest BCUT2D eigenvalue weighted by Crippen LogP contribution is -2.59. The summed E-state index contributed by atoms with van der Waals surface area (Å²) in [5.74, 6) is -2.28. The molecule has 11 nitrogen and oxygen atoms in total. The Morgan fingerprint density at radius 2 is 1.67 bits per heavy atom. The number of hydrogen-bond acceptors (Lipinski definition) is 7. The van der Waals surface area contributed by atoms with E-state index in [1.54, 1.807) is 71.6 Å². The van der Waals surface area contributed by atoms with Crippen molar-refractivity contribution in [1.29, 1.82) is 0 Å². The second-order valence-corrected chi connectivity index (χ2v) is 13.8. The molecule has 4 atom stereocenters. The molecule has 1 saturated carbocycles. The summed E-state index contributed by atoms with van der Waals surface area (Å²) in [4.78, 5) is 47.0. The molecule has 13 heteroatoms.